The fourth-order valence-electron chi connectivity index (χ4n) is 3.05. The Labute approximate surface area is 176 Å². The molecule has 0 unspecified atom stereocenters. The second-order valence-electron chi connectivity index (χ2n) is 6.68. The number of fused-ring (bicyclic) bond motifs is 1. The number of nitrogens with zero attached hydrogens (tertiary/aromatic N) is 5. The molecule has 2 heterocycles. The summed E-state index contributed by atoms with van der Waals surface area (Å²) in [4.78, 5) is 19.0. The number of non-ortho nitro benzene ring substituents is 1. The zero-order valence-electron chi connectivity index (χ0n) is 16.6. The van der Waals surface area contributed by atoms with Gasteiger partial charge in [0.05, 0.1) is 29.4 Å². The van der Waals surface area contributed by atoms with E-state index < -0.39 is 10.7 Å². The summed E-state index contributed by atoms with van der Waals surface area (Å²) in [5.41, 5.74) is 1.18. The van der Waals surface area contributed by atoms with Crippen molar-refractivity contribution in [3.63, 3.8) is 0 Å². The van der Waals surface area contributed by atoms with E-state index in [1.54, 1.807) is 13.2 Å². The van der Waals surface area contributed by atoms with Crippen LogP contribution < -0.4 is 4.74 Å². The molecule has 2 aromatic heterocycles. The van der Waals surface area contributed by atoms with Gasteiger partial charge in [-0.2, -0.15) is 5.10 Å². The number of halogens is 1. The molecule has 0 bridgehead atoms. The van der Waals surface area contributed by atoms with Gasteiger partial charge >= 0.3 is 0 Å². The Morgan fingerprint density at radius 3 is 2.68 bits per heavy atom. The number of ether oxygens (including phenoxy) is 2. The average Bonchev–Trinajstić information content (AvgIpc) is 3.19. The maximum absolute atomic E-state index is 14.5. The van der Waals surface area contributed by atoms with Gasteiger partial charge in [-0.3, -0.25) is 10.1 Å². The smallest absolute Gasteiger partial charge is 0.271 e. The number of nitro groups is 1. The highest BCUT2D eigenvalue weighted by atomic mass is 19.1. The number of hydrogen-bond acceptors (Lipinski definition) is 7. The van der Waals surface area contributed by atoms with Gasteiger partial charge < -0.3 is 9.47 Å². The maximum atomic E-state index is 14.5. The van der Waals surface area contributed by atoms with Crippen LogP contribution in [0.4, 0.5) is 10.1 Å². The van der Waals surface area contributed by atoms with E-state index in [0.29, 0.717) is 42.1 Å². The van der Waals surface area contributed by atoms with Gasteiger partial charge in [0.1, 0.15) is 18.2 Å². The minimum atomic E-state index is -0.679. The van der Waals surface area contributed by atoms with Crippen molar-refractivity contribution in [3.05, 3.63) is 82.2 Å². The molecule has 9 nitrogen and oxygen atoms in total. The van der Waals surface area contributed by atoms with Crippen LogP contribution in [0.3, 0.4) is 0 Å². The van der Waals surface area contributed by atoms with Crippen LogP contribution in [0.1, 0.15) is 11.4 Å². The van der Waals surface area contributed by atoms with Crippen LogP contribution in [0.5, 0.6) is 5.75 Å². The van der Waals surface area contributed by atoms with Crippen LogP contribution in [-0.2, 0) is 11.2 Å². The molecule has 0 fully saturated rings. The minimum Gasteiger partial charge on any atom is -0.491 e. The zero-order valence-corrected chi connectivity index (χ0v) is 16.6. The van der Waals surface area contributed by atoms with E-state index in [9.17, 15) is 14.5 Å². The van der Waals surface area contributed by atoms with Crippen molar-refractivity contribution in [3.8, 4) is 11.6 Å². The first-order chi connectivity index (χ1) is 15.0. The van der Waals surface area contributed by atoms with Gasteiger partial charge in [0.2, 0.25) is 0 Å². The quantitative estimate of drug-likeness (QED) is 0.243. The van der Waals surface area contributed by atoms with Crippen LogP contribution in [0.15, 0.2) is 54.9 Å². The third-order valence-corrected chi connectivity index (χ3v) is 4.58. The Morgan fingerprint density at radius 1 is 1.13 bits per heavy atom. The molecule has 10 heteroatoms. The molecule has 4 aromatic rings. The molecule has 158 valence electrons. The zero-order chi connectivity index (χ0) is 21.8. The summed E-state index contributed by atoms with van der Waals surface area (Å²) in [6, 6.07) is 11.7. The van der Waals surface area contributed by atoms with Crippen molar-refractivity contribution >= 4 is 16.6 Å². The number of benzene rings is 2. The summed E-state index contributed by atoms with van der Waals surface area (Å²) in [6.07, 6.45) is 2.94. The summed E-state index contributed by atoms with van der Waals surface area (Å²) in [6.45, 7) is 0.954. The molecule has 31 heavy (non-hydrogen) atoms. The van der Waals surface area contributed by atoms with E-state index in [-0.39, 0.29) is 11.5 Å². The second kappa shape index (κ2) is 8.84. The molecule has 2 aromatic carbocycles. The van der Waals surface area contributed by atoms with E-state index in [0.717, 1.165) is 11.8 Å². The van der Waals surface area contributed by atoms with Crippen molar-refractivity contribution in [2.75, 3.05) is 20.3 Å². The SMILES string of the molecule is COCCOc1ccc(Cc2ncc(F)c(-n3ncc4ccc([N+](=O)[O-])cc43)n2)cc1. The fraction of sp³-hybridized carbons (Fsp3) is 0.190. The first-order valence-corrected chi connectivity index (χ1v) is 9.40. The highest BCUT2D eigenvalue weighted by Gasteiger charge is 2.16. The molecular formula is C21H18FN5O4. The first-order valence-electron chi connectivity index (χ1n) is 9.40. The van der Waals surface area contributed by atoms with Crippen molar-refractivity contribution in [1.29, 1.82) is 0 Å². The fourth-order valence-corrected chi connectivity index (χ4v) is 3.05. The normalized spacial score (nSPS) is 11.0. The molecule has 0 amide bonds. The number of rotatable bonds is 8. The summed E-state index contributed by atoms with van der Waals surface area (Å²) >= 11 is 0. The molecule has 0 spiro atoms. The average molecular weight is 423 g/mol. The minimum absolute atomic E-state index is 0.0694. The van der Waals surface area contributed by atoms with Gasteiger partial charge in [0.25, 0.3) is 5.69 Å². The van der Waals surface area contributed by atoms with Gasteiger partial charge in [-0.05, 0) is 23.8 Å². The topological polar surface area (TPSA) is 105 Å². The van der Waals surface area contributed by atoms with Crippen LogP contribution in [0, 0.1) is 15.9 Å². The number of nitro benzene ring substituents is 1. The highest BCUT2D eigenvalue weighted by molar-refractivity contribution is 5.82. The van der Waals surface area contributed by atoms with Crippen molar-refractivity contribution < 1.29 is 18.8 Å². The number of hydrogen-bond donors (Lipinski definition) is 0. The molecule has 0 N–H and O–H groups in total. The number of aromatic nitrogens is 4. The Balaban J connectivity index is 1.60. The van der Waals surface area contributed by atoms with E-state index >= 15 is 0 Å². The summed E-state index contributed by atoms with van der Waals surface area (Å²) in [5, 5.41) is 15.9. The molecule has 0 aliphatic carbocycles. The van der Waals surface area contributed by atoms with E-state index in [1.807, 2.05) is 24.3 Å². The lowest BCUT2D eigenvalue weighted by Gasteiger charge is -2.08. The van der Waals surface area contributed by atoms with Crippen LogP contribution in [0.25, 0.3) is 16.7 Å². The Hall–Kier alpha value is -3.92. The summed E-state index contributed by atoms with van der Waals surface area (Å²) in [7, 11) is 1.61. The molecule has 4 rings (SSSR count). The molecular weight excluding hydrogens is 405 g/mol. The molecule has 0 saturated carbocycles. The molecule has 0 radical (unpaired) electrons. The van der Waals surface area contributed by atoms with Gasteiger partial charge in [0.15, 0.2) is 11.6 Å². The van der Waals surface area contributed by atoms with Gasteiger partial charge in [0, 0.05) is 31.0 Å². The summed E-state index contributed by atoms with van der Waals surface area (Å²) in [5.74, 6) is 0.354. The van der Waals surface area contributed by atoms with E-state index in [2.05, 4.69) is 15.1 Å². The van der Waals surface area contributed by atoms with Crippen LogP contribution >= 0.6 is 0 Å². The lowest BCUT2D eigenvalue weighted by atomic mass is 10.1. The van der Waals surface area contributed by atoms with Gasteiger partial charge in [-0.15, -0.1) is 0 Å². The van der Waals surface area contributed by atoms with Crippen molar-refractivity contribution in [2.24, 2.45) is 0 Å². The van der Waals surface area contributed by atoms with Crippen LogP contribution in [0.2, 0.25) is 0 Å². The Kier molecular flexibility index (Phi) is 5.80. The molecule has 0 aliphatic rings. The Morgan fingerprint density at radius 2 is 1.94 bits per heavy atom. The van der Waals surface area contributed by atoms with Crippen molar-refractivity contribution in [1.82, 2.24) is 19.7 Å². The highest BCUT2D eigenvalue weighted by Crippen LogP contribution is 2.24. The molecule has 0 aliphatic heterocycles. The largest absolute Gasteiger partial charge is 0.491 e. The lowest BCUT2D eigenvalue weighted by molar-refractivity contribution is -0.384. The van der Waals surface area contributed by atoms with E-state index in [1.165, 1.54) is 23.0 Å². The standard InChI is InChI=1S/C21H18FN5O4/c1-30-8-9-31-17-6-2-14(3-7-17)10-20-23-13-18(22)21(25-20)26-19-11-16(27(28)29)5-4-15(19)12-24-26/h2-7,11-13H,8-10H2,1H3. The maximum Gasteiger partial charge on any atom is 0.271 e. The summed E-state index contributed by atoms with van der Waals surface area (Å²) < 4.78 is 26.2. The van der Waals surface area contributed by atoms with Crippen molar-refractivity contribution in [2.45, 2.75) is 6.42 Å². The third-order valence-electron chi connectivity index (χ3n) is 4.58. The number of methoxy groups -OCH3 is 1. The van der Waals surface area contributed by atoms with Gasteiger partial charge in [-0.1, -0.05) is 12.1 Å². The monoisotopic (exact) mass is 423 g/mol. The van der Waals surface area contributed by atoms with Crippen LogP contribution in [-0.4, -0.2) is 45.0 Å². The van der Waals surface area contributed by atoms with E-state index in [4.69, 9.17) is 9.47 Å². The molecule has 0 saturated heterocycles. The van der Waals surface area contributed by atoms with Gasteiger partial charge in [-0.25, -0.2) is 19.0 Å². The first kappa shape index (κ1) is 20.4. The predicted octanol–water partition coefficient (Wildman–Crippen LogP) is 3.48. The Bertz CT molecular complexity index is 1230. The molecule has 0 atom stereocenters. The lowest BCUT2D eigenvalue weighted by Crippen LogP contribution is -2.08. The predicted molar refractivity (Wildman–Crippen MR) is 110 cm³/mol. The third kappa shape index (κ3) is 4.48. The second-order valence-corrected chi connectivity index (χ2v) is 6.68.